The molecule has 5 rings (SSSR count). The van der Waals surface area contributed by atoms with Gasteiger partial charge in [-0.25, -0.2) is 0 Å². The van der Waals surface area contributed by atoms with Crippen molar-refractivity contribution in [3.05, 3.63) is 125 Å². The molecule has 5 heteroatoms. The maximum atomic E-state index is 11.0. The number of hydrogen-bond donors (Lipinski definition) is 2. The van der Waals surface area contributed by atoms with Crippen molar-refractivity contribution in [3.8, 4) is 39.5 Å². The summed E-state index contributed by atoms with van der Waals surface area (Å²) >= 11 is 0. The summed E-state index contributed by atoms with van der Waals surface area (Å²) in [6, 6.07) is 33.6. The van der Waals surface area contributed by atoms with Crippen molar-refractivity contribution in [2.24, 2.45) is 9.98 Å². The molecule has 5 aromatic carbocycles. The summed E-state index contributed by atoms with van der Waals surface area (Å²) in [5.41, 5.74) is 8.28. The highest BCUT2D eigenvalue weighted by Crippen LogP contribution is 2.35. The van der Waals surface area contributed by atoms with Crippen molar-refractivity contribution >= 4 is 23.8 Å². The average molecular weight is 555 g/mol. The van der Waals surface area contributed by atoms with Crippen LogP contribution in [0.25, 0.3) is 22.3 Å². The number of phenols is 2. The fourth-order valence-corrected chi connectivity index (χ4v) is 4.89. The third-order valence-electron chi connectivity index (χ3n) is 7.28. The van der Waals surface area contributed by atoms with Crippen molar-refractivity contribution < 1.29 is 14.9 Å². The molecule has 0 amide bonds. The van der Waals surface area contributed by atoms with Crippen LogP contribution in [0.15, 0.2) is 113 Å². The van der Waals surface area contributed by atoms with Gasteiger partial charge in [0.2, 0.25) is 0 Å². The average Bonchev–Trinajstić information content (AvgIpc) is 3.04. The molecule has 0 aromatic heterocycles. The van der Waals surface area contributed by atoms with E-state index in [1.807, 2.05) is 98.8 Å². The van der Waals surface area contributed by atoms with Crippen LogP contribution in [0.4, 0.5) is 11.4 Å². The van der Waals surface area contributed by atoms with Crippen molar-refractivity contribution in [2.45, 2.75) is 26.7 Å². The highest BCUT2D eigenvalue weighted by atomic mass is 16.5. The van der Waals surface area contributed by atoms with Gasteiger partial charge in [-0.15, -0.1) is 0 Å². The van der Waals surface area contributed by atoms with Gasteiger partial charge in [0.05, 0.1) is 18.5 Å². The molecule has 0 atom stereocenters. The number of phenolic OH excluding ortho intramolecular Hbond substituents is 2. The van der Waals surface area contributed by atoms with Crippen LogP contribution in [0.3, 0.4) is 0 Å². The number of rotatable bonds is 9. The molecule has 5 nitrogen and oxygen atoms in total. The molecule has 0 fully saturated rings. The fraction of sp³-hybridized carbons (Fsp3) is 0.135. The van der Waals surface area contributed by atoms with E-state index in [1.165, 1.54) is 0 Å². The van der Waals surface area contributed by atoms with E-state index in [1.54, 1.807) is 25.6 Å². The van der Waals surface area contributed by atoms with Gasteiger partial charge in [-0.05, 0) is 82.6 Å². The first-order valence-corrected chi connectivity index (χ1v) is 14.1. The van der Waals surface area contributed by atoms with Crippen LogP contribution >= 0.6 is 0 Å². The number of aryl methyl sites for hydroxylation is 2. The second-order valence-corrected chi connectivity index (χ2v) is 9.96. The summed E-state index contributed by atoms with van der Waals surface area (Å²) in [5.74, 6) is 1.07. The molecular weight excluding hydrogens is 520 g/mol. The summed E-state index contributed by atoms with van der Waals surface area (Å²) in [4.78, 5) is 9.49. The lowest BCUT2D eigenvalue weighted by Gasteiger charge is -2.11. The minimum atomic E-state index is 0.212. The predicted molar refractivity (Wildman–Crippen MR) is 173 cm³/mol. The Hall–Kier alpha value is -5.16. The van der Waals surface area contributed by atoms with E-state index in [0.29, 0.717) is 41.1 Å². The molecule has 210 valence electrons. The Morgan fingerprint density at radius 1 is 0.571 bits per heavy atom. The smallest absolute Gasteiger partial charge is 0.127 e. The molecule has 0 bridgehead atoms. The second kappa shape index (κ2) is 13.0. The first kappa shape index (κ1) is 28.4. The van der Waals surface area contributed by atoms with Crippen LogP contribution in [0.2, 0.25) is 0 Å². The van der Waals surface area contributed by atoms with Gasteiger partial charge in [-0.2, -0.15) is 0 Å². The van der Waals surface area contributed by atoms with Gasteiger partial charge in [0.15, 0.2) is 0 Å². The van der Waals surface area contributed by atoms with Gasteiger partial charge in [0.1, 0.15) is 17.2 Å². The Bertz CT molecular complexity index is 1740. The third-order valence-corrected chi connectivity index (χ3v) is 7.28. The number of ether oxygens (including phenoxy) is 1. The summed E-state index contributed by atoms with van der Waals surface area (Å²) < 4.78 is 5.46. The number of nitrogens with zero attached hydrogens (tertiary/aromatic N) is 2. The monoisotopic (exact) mass is 554 g/mol. The van der Waals surface area contributed by atoms with E-state index in [0.717, 1.165) is 33.4 Å². The van der Waals surface area contributed by atoms with Gasteiger partial charge in [0, 0.05) is 29.6 Å². The Labute approximate surface area is 247 Å². The van der Waals surface area contributed by atoms with E-state index in [2.05, 4.69) is 12.1 Å². The van der Waals surface area contributed by atoms with Gasteiger partial charge < -0.3 is 14.9 Å². The molecule has 42 heavy (non-hydrogen) atoms. The first-order valence-electron chi connectivity index (χ1n) is 14.1. The maximum Gasteiger partial charge on any atom is 0.127 e. The minimum absolute atomic E-state index is 0.212. The number of aromatic hydroxyl groups is 2. The normalized spacial score (nSPS) is 11.4. The Morgan fingerprint density at radius 3 is 1.50 bits per heavy atom. The largest absolute Gasteiger partial charge is 0.507 e. The molecule has 5 aromatic rings. The van der Waals surface area contributed by atoms with E-state index in [-0.39, 0.29) is 11.5 Å². The molecule has 0 unspecified atom stereocenters. The van der Waals surface area contributed by atoms with Crippen LogP contribution in [0, 0.1) is 0 Å². The highest BCUT2D eigenvalue weighted by molar-refractivity contribution is 5.92. The van der Waals surface area contributed by atoms with Gasteiger partial charge in [0.25, 0.3) is 0 Å². The third kappa shape index (κ3) is 6.26. The quantitative estimate of drug-likeness (QED) is 0.179. The molecule has 0 saturated heterocycles. The van der Waals surface area contributed by atoms with E-state index in [9.17, 15) is 10.2 Å². The molecule has 0 saturated carbocycles. The Morgan fingerprint density at radius 2 is 1.05 bits per heavy atom. The van der Waals surface area contributed by atoms with Crippen LogP contribution in [-0.2, 0) is 12.8 Å². The lowest BCUT2D eigenvalue weighted by Crippen LogP contribution is -1.92. The zero-order chi connectivity index (χ0) is 29.5. The SMILES string of the molecule is CCc1cc(-c2ccccc2)cc(C=Nc2ccc(OC)cc2N=Cc2cc(-c3ccccc3)cc(CC)c2O)c1O. The number of hydrogen-bond acceptors (Lipinski definition) is 5. The van der Waals surface area contributed by atoms with Crippen molar-refractivity contribution in [3.63, 3.8) is 0 Å². The number of aliphatic imine (C=N–C) groups is 2. The lowest BCUT2D eigenvalue weighted by atomic mass is 9.98. The minimum Gasteiger partial charge on any atom is -0.507 e. The zero-order valence-corrected chi connectivity index (χ0v) is 24.1. The molecule has 0 spiro atoms. The summed E-state index contributed by atoms with van der Waals surface area (Å²) in [6.07, 6.45) is 4.71. The van der Waals surface area contributed by atoms with Crippen molar-refractivity contribution in [2.75, 3.05) is 7.11 Å². The maximum absolute atomic E-state index is 11.0. The second-order valence-electron chi connectivity index (χ2n) is 9.96. The Kier molecular flexibility index (Phi) is 8.78. The van der Waals surface area contributed by atoms with Crippen LogP contribution in [-0.4, -0.2) is 29.8 Å². The first-order chi connectivity index (χ1) is 20.5. The summed E-state index contributed by atoms with van der Waals surface area (Å²) in [5, 5.41) is 22.0. The van der Waals surface area contributed by atoms with Gasteiger partial charge >= 0.3 is 0 Å². The fourth-order valence-electron chi connectivity index (χ4n) is 4.89. The topological polar surface area (TPSA) is 74.4 Å². The van der Waals surface area contributed by atoms with Crippen molar-refractivity contribution in [1.29, 1.82) is 0 Å². The molecule has 0 aliphatic rings. The summed E-state index contributed by atoms with van der Waals surface area (Å²) in [6.45, 7) is 4.04. The van der Waals surface area contributed by atoms with E-state index in [4.69, 9.17) is 14.7 Å². The molecule has 0 aliphatic carbocycles. The number of methoxy groups -OCH3 is 1. The lowest BCUT2D eigenvalue weighted by molar-refractivity contribution is 0.415. The molecule has 0 aliphatic heterocycles. The van der Waals surface area contributed by atoms with Crippen LogP contribution in [0.1, 0.15) is 36.1 Å². The van der Waals surface area contributed by atoms with Crippen molar-refractivity contribution in [1.82, 2.24) is 0 Å². The van der Waals surface area contributed by atoms with E-state index < -0.39 is 0 Å². The van der Waals surface area contributed by atoms with E-state index >= 15 is 0 Å². The van der Waals surface area contributed by atoms with Gasteiger partial charge in [-0.3, -0.25) is 9.98 Å². The molecular formula is C37H34N2O3. The van der Waals surface area contributed by atoms with Gasteiger partial charge in [-0.1, -0.05) is 74.5 Å². The molecule has 2 N–H and O–H groups in total. The Balaban J connectivity index is 1.54. The zero-order valence-electron chi connectivity index (χ0n) is 24.1. The van der Waals surface area contributed by atoms with Crippen LogP contribution < -0.4 is 4.74 Å². The number of benzene rings is 5. The molecule has 0 radical (unpaired) electrons. The predicted octanol–water partition coefficient (Wildman–Crippen LogP) is 9.07. The summed E-state index contributed by atoms with van der Waals surface area (Å²) in [7, 11) is 1.61. The standard InChI is InChI=1S/C37H34N2O3/c1-4-25-18-29(27-12-8-6-9-13-27)20-31(36(25)40)23-38-34-17-16-33(42-3)22-35(34)39-24-32-21-30(19-26(5-2)37(32)41)28-14-10-7-11-15-28/h6-24,40-41H,4-5H2,1-3H3. The van der Waals surface area contributed by atoms with Crippen LogP contribution in [0.5, 0.6) is 17.2 Å². The highest BCUT2D eigenvalue weighted by Gasteiger charge is 2.12. The molecule has 0 heterocycles.